The van der Waals surface area contributed by atoms with Crippen molar-refractivity contribution in [2.75, 3.05) is 45.2 Å². The molecule has 0 spiro atoms. The van der Waals surface area contributed by atoms with E-state index in [9.17, 15) is 18.3 Å². The Morgan fingerprint density at radius 1 is 1.24 bits per heavy atom. The molecule has 0 aromatic heterocycles. The second-order valence-corrected chi connectivity index (χ2v) is 14.2. The van der Waals surface area contributed by atoms with E-state index in [1.165, 1.54) is 11.1 Å². The molecule has 12 heteroatoms. The highest BCUT2D eigenvalue weighted by atomic mass is 35.5. The number of likely N-dealkylation sites (N-methyl/N-ethyl adjacent to an activating group) is 1. The van der Waals surface area contributed by atoms with E-state index in [1.54, 1.807) is 44.0 Å². The molecule has 4 atom stereocenters. The Hall–Kier alpha value is -3.15. The minimum absolute atomic E-state index is 0.00980. The maximum Gasteiger partial charge on any atom is 0.438 e. The van der Waals surface area contributed by atoms with Crippen molar-refractivity contribution < 1.29 is 27.8 Å². The number of rotatable bonds is 5. The molecule has 0 aliphatic carbocycles. The molecule has 2 heterocycles. The summed E-state index contributed by atoms with van der Waals surface area (Å²) < 4.78 is 42.1. The van der Waals surface area contributed by atoms with Gasteiger partial charge >= 0.3 is 6.09 Å². The number of hydrogen-bond donors (Lipinski definition) is 1. The van der Waals surface area contributed by atoms with Crippen molar-refractivity contribution in [2.45, 2.75) is 75.8 Å². The van der Waals surface area contributed by atoms with Gasteiger partial charge in [0.15, 0.2) is 11.0 Å². The standard InChI is InChI=1S/C34H46ClFN4O5S/c1-7-10-24-19-26(35)12-14-28(24)25-21-40-18-16-23(8-2)30(45-33(42)39(6)36)11-9-17-38(5)34(3,4)32(41)37-46(43)27-13-15-31(44-22-25)29(40)20-27/h9,11-15,19-20,23,25,30H,7-8,10,16-18,21-22H2,1-6H3,(H,37,41)/b11-9+. The molecule has 2 aliphatic rings. The van der Waals surface area contributed by atoms with Crippen molar-refractivity contribution in [1.29, 1.82) is 0 Å². The lowest BCUT2D eigenvalue weighted by atomic mass is 9.91. The van der Waals surface area contributed by atoms with E-state index in [1.807, 2.05) is 31.2 Å². The normalized spacial score (nSPS) is 24.7. The highest BCUT2D eigenvalue weighted by molar-refractivity contribution is 7.83. The largest absolute Gasteiger partial charge is 0.491 e. The zero-order valence-electron chi connectivity index (χ0n) is 27.6. The summed E-state index contributed by atoms with van der Waals surface area (Å²) in [7, 11) is 0.984. The fourth-order valence-corrected chi connectivity index (χ4v) is 7.02. The molecule has 0 saturated carbocycles. The van der Waals surface area contributed by atoms with Crippen molar-refractivity contribution in [2.24, 2.45) is 5.92 Å². The van der Waals surface area contributed by atoms with Gasteiger partial charge in [0.1, 0.15) is 11.9 Å². The molecule has 46 heavy (non-hydrogen) atoms. The van der Waals surface area contributed by atoms with E-state index in [0.717, 1.165) is 25.6 Å². The van der Waals surface area contributed by atoms with Gasteiger partial charge < -0.3 is 14.4 Å². The van der Waals surface area contributed by atoms with Crippen molar-refractivity contribution >= 4 is 40.3 Å². The van der Waals surface area contributed by atoms with Crippen LogP contribution in [0.5, 0.6) is 5.75 Å². The predicted molar refractivity (Wildman–Crippen MR) is 180 cm³/mol. The molecular weight excluding hydrogens is 631 g/mol. The molecule has 252 valence electrons. The van der Waals surface area contributed by atoms with Gasteiger partial charge in [-0.05, 0) is 87.7 Å². The number of anilines is 1. The quantitative estimate of drug-likeness (QED) is 0.288. The summed E-state index contributed by atoms with van der Waals surface area (Å²) in [6.45, 7) is 9.59. The number of halogens is 2. The van der Waals surface area contributed by atoms with E-state index < -0.39 is 34.6 Å². The zero-order valence-corrected chi connectivity index (χ0v) is 29.1. The number of ether oxygens (including phenoxy) is 2. The van der Waals surface area contributed by atoms with E-state index >= 15 is 0 Å². The molecule has 2 aromatic carbocycles. The van der Waals surface area contributed by atoms with E-state index in [0.29, 0.717) is 54.8 Å². The average molecular weight is 677 g/mol. The number of carbonyl (C=O) groups is 2. The van der Waals surface area contributed by atoms with Crippen LogP contribution in [0.25, 0.3) is 0 Å². The van der Waals surface area contributed by atoms with Crippen molar-refractivity contribution in [3.8, 4) is 5.75 Å². The first-order valence-corrected chi connectivity index (χ1v) is 17.4. The number of fused-ring (bicyclic) bond motifs is 1. The Kier molecular flexibility index (Phi) is 12.1. The van der Waals surface area contributed by atoms with Crippen LogP contribution in [0.15, 0.2) is 53.4 Å². The number of nitrogens with one attached hydrogen (secondary N) is 1. The third-order valence-corrected chi connectivity index (χ3v) is 10.4. The Morgan fingerprint density at radius 3 is 2.70 bits per heavy atom. The molecule has 1 N–H and O–H groups in total. The summed E-state index contributed by atoms with van der Waals surface area (Å²) in [6, 6.07) is 11.4. The van der Waals surface area contributed by atoms with Crippen LogP contribution in [0.2, 0.25) is 5.02 Å². The number of amides is 2. The molecule has 0 radical (unpaired) electrons. The summed E-state index contributed by atoms with van der Waals surface area (Å²) in [5.41, 5.74) is 2.09. The highest BCUT2D eigenvalue weighted by Crippen LogP contribution is 2.38. The van der Waals surface area contributed by atoms with E-state index in [-0.39, 0.29) is 17.0 Å². The van der Waals surface area contributed by atoms with Crippen molar-refractivity contribution in [3.63, 3.8) is 0 Å². The van der Waals surface area contributed by atoms with E-state index in [4.69, 9.17) is 21.1 Å². The number of nitrogens with zero attached hydrogens (tertiary/aromatic N) is 3. The van der Waals surface area contributed by atoms with Gasteiger partial charge in [-0.1, -0.05) is 48.5 Å². The molecule has 2 amide bonds. The second kappa shape index (κ2) is 15.6. The van der Waals surface area contributed by atoms with Crippen LogP contribution in [-0.4, -0.2) is 78.2 Å². The van der Waals surface area contributed by atoms with Crippen LogP contribution in [0, 0.1) is 5.92 Å². The van der Waals surface area contributed by atoms with Gasteiger partial charge in [-0.2, -0.15) is 0 Å². The fraction of sp³-hybridized carbons (Fsp3) is 0.529. The van der Waals surface area contributed by atoms with Crippen LogP contribution in [0.1, 0.15) is 64.0 Å². The molecule has 2 aliphatic heterocycles. The summed E-state index contributed by atoms with van der Waals surface area (Å²) in [4.78, 5) is 30.2. The summed E-state index contributed by atoms with van der Waals surface area (Å²) >= 11 is 6.39. The maximum atomic E-state index is 13.8. The van der Waals surface area contributed by atoms with Crippen molar-refractivity contribution in [1.82, 2.24) is 14.7 Å². The number of hydrogen-bond acceptors (Lipinski definition) is 7. The molecule has 4 rings (SSSR count). The average Bonchev–Trinajstić information content (AvgIpc) is 3.19. The highest BCUT2D eigenvalue weighted by Gasteiger charge is 2.34. The monoisotopic (exact) mass is 676 g/mol. The van der Waals surface area contributed by atoms with E-state index in [2.05, 4.69) is 22.6 Å². The summed E-state index contributed by atoms with van der Waals surface area (Å²) in [5.74, 6) is 0.119. The summed E-state index contributed by atoms with van der Waals surface area (Å²) in [5, 5.41) is 0.630. The molecule has 0 saturated heterocycles. The maximum absolute atomic E-state index is 13.8. The summed E-state index contributed by atoms with van der Waals surface area (Å²) in [6.07, 6.45) is 4.98. The molecule has 2 bridgehead atoms. The van der Waals surface area contributed by atoms with Crippen LogP contribution < -0.4 is 14.4 Å². The first-order chi connectivity index (χ1) is 21.8. The smallest absolute Gasteiger partial charge is 0.438 e. The lowest BCUT2D eigenvalue weighted by Gasteiger charge is -2.34. The molecular formula is C34H46ClFN4O5S. The van der Waals surface area contributed by atoms with Gasteiger partial charge in [-0.15, -0.1) is 5.12 Å². The first kappa shape index (κ1) is 35.7. The van der Waals surface area contributed by atoms with Gasteiger partial charge in [0.25, 0.3) is 5.91 Å². The van der Waals surface area contributed by atoms with Gasteiger partial charge in [-0.3, -0.25) is 14.4 Å². The predicted octanol–water partition coefficient (Wildman–Crippen LogP) is 6.43. The Morgan fingerprint density at radius 2 is 2.00 bits per heavy atom. The van der Waals surface area contributed by atoms with Gasteiger partial charge in [-0.25, -0.2) is 9.00 Å². The minimum Gasteiger partial charge on any atom is -0.491 e. The van der Waals surface area contributed by atoms with Gasteiger partial charge in [0, 0.05) is 43.5 Å². The topological polar surface area (TPSA) is 91.4 Å². The fourth-order valence-electron chi connectivity index (χ4n) is 5.87. The number of aryl methyl sites for hydroxylation is 1. The van der Waals surface area contributed by atoms with Crippen LogP contribution in [0.4, 0.5) is 15.0 Å². The van der Waals surface area contributed by atoms with Gasteiger partial charge in [0.2, 0.25) is 0 Å². The first-order valence-electron chi connectivity index (χ1n) is 15.9. The van der Waals surface area contributed by atoms with Crippen molar-refractivity contribution in [3.05, 3.63) is 64.7 Å². The lowest BCUT2D eigenvalue weighted by molar-refractivity contribution is -0.128. The van der Waals surface area contributed by atoms with Gasteiger partial charge in [0.05, 0.1) is 22.7 Å². The molecule has 4 unspecified atom stereocenters. The minimum atomic E-state index is -1.81. The third-order valence-electron chi connectivity index (χ3n) is 9.08. The number of carbonyl (C=O) groups excluding carboxylic acids is 2. The molecule has 0 fully saturated rings. The lowest BCUT2D eigenvalue weighted by Crippen LogP contribution is -2.53. The van der Waals surface area contributed by atoms with Crippen LogP contribution in [0.3, 0.4) is 0 Å². The Balaban J connectivity index is 1.78. The van der Waals surface area contributed by atoms with Crippen LogP contribution >= 0.6 is 11.6 Å². The Bertz CT molecular complexity index is 1450. The van der Waals surface area contributed by atoms with Crippen LogP contribution in [-0.2, 0) is 26.9 Å². The Labute approximate surface area is 279 Å². The zero-order chi connectivity index (χ0) is 33.6. The number of benzene rings is 2. The molecule has 2 aromatic rings. The SMILES string of the molecule is CCCc1cc(Cl)ccc1C1COc2ccc3cc2N(CCC(CC)C(OC(=O)N(C)F)/C=C/CN(C)C(C)(C)C(=O)NS3=O)C1. The third kappa shape index (κ3) is 8.41. The second-order valence-electron chi connectivity index (χ2n) is 12.5. The molecule has 9 nitrogen and oxygen atoms in total.